The third-order valence-corrected chi connectivity index (χ3v) is 6.38. The summed E-state index contributed by atoms with van der Waals surface area (Å²) < 4.78 is 1.79. The Morgan fingerprint density at radius 2 is 1.90 bits per heavy atom. The lowest BCUT2D eigenvalue weighted by atomic mass is 9.96. The number of amides is 3. The van der Waals surface area contributed by atoms with Crippen molar-refractivity contribution in [2.75, 3.05) is 19.6 Å². The summed E-state index contributed by atoms with van der Waals surface area (Å²) in [6.07, 6.45) is 4.99. The van der Waals surface area contributed by atoms with E-state index in [1.807, 2.05) is 25.8 Å². The van der Waals surface area contributed by atoms with E-state index in [1.54, 1.807) is 9.58 Å². The Hall–Kier alpha value is -2.38. The number of hydrogen-bond donors (Lipinski definition) is 1. The van der Waals surface area contributed by atoms with Gasteiger partial charge in [0, 0.05) is 63.4 Å². The van der Waals surface area contributed by atoms with E-state index in [2.05, 4.69) is 10.4 Å². The average Bonchev–Trinajstić information content (AvgIpc) is 3.48. The predicted molar refractivity (Wildman–Crippen MR) is 112 cm³/mol. The van der Waals surface area contributed by atoms with E-state index in [4.69, 9.17) is 0 Å². The van der Waals surface area contributed by atoms with E-state index in [0.717, 1.165) is 36.9 Å². The summed E-state index contributed by atoms with van der Waals surface area (Å²) in [7, 11) is 1.86. The Kier molecular flexibility index (Phi) is 5.84. The van der Waals surface area contributed by atoms with E-state index < -0.39 is 0 Å². The third-order valence-electron chi connectivity index (χ3n) is 6.38. The molecule has 0 spiro atoms. The second-order valence-corrected chi connectivity index (χ2v) is 9.43. The van der Waals surface area contributed by atoms with Crippen molar-refractivity contribution in [2.45, 2.75) is 65.0 Å². The molecule has 1 aromatic rings. The largest absolute Gasteiger partial charge is 0.353 e. The van der Waals surface area contributed by atoms with E-state index in [-0.39, 0.29) is 23.6 Å². The molecule has 1 saturated heterocycles. The molecule has 164 valence electrons. The molecule has 0 radical (unpaired) electrons. The van der Waals surface area contributed by atoms with Gasteiger partial charge in [0.2, 0.25) is 11.8 Å². The monoisotopic (exact) mass is 415 g/mol. The first kappa shape index (κ1) is 20.9. The van der Waals surface area contributed by atoms with Crippen LogP contribution in [-0.2, 0) is 29.6 Å². The van der Waals surface area contributed by atoms with Crippen molar-refractivity contribution in [3.63, 3.8) is 0 Å². The molecule has 2 aliphatic heterocycles. The molecule has 1 atom stereocenters. The minimum Gasteiger partial charge on any atom is -0.353 e. The number of nitrogens with zero attached hydrogens (tertiary/aromatic N) is 4. The number of nitrogens with one attached hydrogen (secondary N) is 1. The summed E-state index contributed by atoms with van der Waals surface area (Å²) in [5.41, 5.74) is 2.35. The van der Waals surface area contributed by atoms with Gasteiger partial charge in [-0.1, -0.05) is 13.8 Å². The van der Waals surface area contributed by atoms with Crippen LogP contribution in [0.25, 0.3) is 0 Å². The maximum absolute atomic E-state index is 13.4. The van der Waals surface area contributed by atoms with Crippen LogP contribution in [0, 0.1) is 11.8 Å². The van der Waals surface area contributed by atoms with Crippen LogP contribution in [0.2, 0.25) is 0 Å². The van der Waals surface area contributed by atoms with Gasteiger partial charge in [0.25, 0.3) is 5.91 Å². The summed E-state index contributed by atoms with van der Waals surface area (Å²) in [6.45, 7) is 6.27. The lowest BCUT2D eigenvalue weighted by molar-refractivity contribution is -0.133. The number of piperidine rings is 1. The minimum absolute atomic E-state index is 0.0727. The topological polar surface area (TPSA) is 87.5 Å². The van der Waals surface area contributed by atoms with Gasteiger partial charge in [0.05, 0.1) is 5.92 Å². The lowest BCUT2D eigenvalue weighted by Crippen LogP contribution is -2.46. The maximum Gasteiger partial charge on any atom is 0.274 e. The van der Waals surface area contributed by atoms with Gasteiger partial charge in [-0.2, -0.15) is 5.10 Å². The first-order valence-corrected chi connectivity index (χ1v) is 11.3. The SMILES string of the molecule is CC(C)CC(=O)N1CCc2c(c(C(=O)N3CCC[C@H](C(=O)NC4CC4)C3)nn2C)C1. The van der Waals surface area contributed by atoms with Gasteiger partial charge in [-0.3, -0.25) is 19.1 Å². The second kappa shape index (κ2) is 8.40. The highest BCUT2D eigenvalue weighted by molar-refractivity contribution is 5.95. The quantitative estimate of drug-likeness (QED) is 0.789. The smallest absolute Gasteiger partial charge is 0.274 e. The number of likely N-dealkylation sites (tertiary alicyclic amines) is 1. The molecule has 3 aliphatic rings. The number of aryl methyl sites for hydroxylation is 1. The number of carbonyl (C=O) groups is 3. The zero-order valence-corrected chi connectivity index (χ0v) is 18.3. The first-order valence-electron chi connectivity index (χ1n) is 11.3. The molecular weight excluding hydrogens is 382 g/mol. The molecule has 8 nitrogen and oxygen atoms in total. The van der Waals surface area contributed by atoms with Gasteiger partial charge in [-0.05, 0) is 31.6 Å². The summed E-state index contributed by atoms with van der Waals surface area (Å²) in [5, 5.41) is 7.61. The number of hydrogen-bond acceptors (Lipinski definition) is 4. The van der Waals surface area contributed by atoms with Crippen molar-refractivity contribution in [1.82, 2.24) is 24.9 Å². The number of rotatable bonds is 5. The molecule has 0 unspecified atom stereocenters. The fraction of sp³-hybridized carbons (Fsp3) is 0.727. The van der Waals surface area contributed by atoms with Gasteiger partial charge in [0.1, 0.15) is 0 Å². The summed E-state index contributed by atoms with van der Waals surface area (Å²) in [5.74, 6) is 0.248. The highest BCUT2D eigenvalue weighted by Gasteiger charge is 2.35. The Bertz CT molecular complexity index is 842. The molecule has 2 fully saturated rings. The molecule has 3 amide bonds. The second-order valence-electron chi connectivity index (χ2n) is 9.43. The van der Waals surface area contributed by atoms with E-state index in [9.17, 15) is 14.4 Å². The fourth-order valence-corrected chi connectivity index (χ4v) is 4.53. The van der Waals surface area contributed by atoms with Crippen molar-refractivity contribution in [3.8, 4) is 0 Å². The molecular formula is C22H33N5O3. The highest BCUT2D eigenvalue weighted by atomic mass is 16.2. The number of carbonyl (C=O) groups excluding carboxylic acids is 3. The van der Waals surface area contributed by atoms with E-state index >= 15 is 0 Å². The van der Waals surface area contributed by atoms with Crippen molar-refractivity contribution in [3.05, 3.63) is 17.0 Å². The molecule has 4 rings (SSSR count). The van der Waals surface area contributed by atoms with Crippen LogP contribution >= 0.6 is 0 Å². The Morgan fingerprint density at radius 1 is 1.13 bits per heavy atom. The summed E-state index contributed by atoms with van der Waals surface area (Å²) in [6, 6.07) is 0.334. The maximum atomic E-state index is 13.4. The Labute approximate surface area is 178 Å². The fourth-order valence-electron chi connectivity index (χ4n) is 4.53. The van der Waals surface area contributed by atoms with Crippen LogP contribution in [0.4, 0.5) is 0 Å². The van der Waals surface area contributed by atoms with Crippen LogP contribution in [-0.4, -0.2) is 63.0 Å². The average molecular weight is 416 g/mol. The van der Waals surface area contributed by atoms with Gasteiger partial charge in [0.15, 0.2) is 5.69 Å². The Balaban J connectivity index is 1.48. The van der Waals surface area contributed by atoms with Crippen LogP contribution in [0.15, 0.2) is 0 Å². The summed E-state index contributed by atoms with van der Waals surface area (Å²) >= 11 is 0. The lowest BCUT2D eigenvalue weighted by Gasteiger charge is -2.32. The van der Waals surface area contributed by atoms with Crippen LogP contribution in [0.5, 0.6) is 0 Å². The normalized spacial score (nSPS) is 21.5. The molecule has 1 aliphatic carbocycles. The number of fused-ring (bicyclic) bond motifs is 1. The van der Waals surface area contributed by atoms with Crippen molar-refractivity contribution >= 4 is 17.7 Å². The van der Waals surface area contributed by atoms with Crippen LogP contribution in [0.3, 0.4) is 0 Å². The molecule has 1 saturated carbocycles. The standard InChI is InChI=1S/C22H33N5O3/c1-14(2)11-19(28)26-10-8-18-17(13-26)20(24-25(18)3)22(30)27-9-4-5-15(12-27)21(29)23-16-6-7-16/h14-16H,4-13H2,1-3H3,(H,23,29)/t15-/m0/s1. The van der Waals surface area contributed by atoms with Crippen molar-refractivity contribution in [1.29, 1.82) is 0 Å². The zero-order chi connectivity index (χ0) is 21.4. The van der Waals surface area contributed by atoms with Gasteiger partial charge >= 0.3 is 0 Å². The molecule has 3 heterocycles. The molecule has 1 aromatic heterocycles. The van der Waals surface area contributed by atoms with Crippen LogP contribution in [0.1, 0.15) is 67.7 Å². The van der Waals surface area contributed by atoms with Gasteiger partial charge in [-0.25, -0.2) is 0 Å². The van der Waals surface area contributed by atoms with Gasteiger partial charge < -0.3 is 15.1 Å². The third kappa shape index (κ3) is 4.37. The van der Waals surface area contributed by atoms with E-state index in [1.165, 1.54) is 0 Å². The predicted octanol–water partition coefficient (Wildman–Crippen LogP) is 1.48. The van der Waals surface area contributed by atoms with E-state index in [0.29, 0.717) is 56.7 Å². The van der Waals surface area contributed by atoms with Gasteiger partial charge in [-0.15, -0.1) is 0 Å². The Morgan fingerprint density at radius 3 is 2.60 bits per heavy atom. The molecule has 0 aromatic carbocycles. The van der Waals surface area contributed by atoms with Crippen molar-refractivity contribution in [2.24, 2.45) is 18.9 Å². The zero-order valence-electron chi connectivity index (χ0n) is 18.3. The minimum atomic E-state index is -0.146. The molecule has 8 heteroatoms. The molecule has 30 heavy (non-hydrogen) atoms. The van der Waals surface area contributed by atoms with Crippen molar-refractivity contribution < 1.29 is 14.4 Å². The molecule has 1 N–H and O–H groups in total. The van der Waals surface area contributed by atoms with Crippen LogP contribution < -0.4 is 5.32 Å². The summed E-state index contributed by atoms with van der Waals surface area (Å²) in [4.78, 5) is 42.0. The molecule has 0 bridgehead atoms. The highest BCUT2D eigenvalue weighted by Crippen LogP contribution is 2.27. The number of aromatic nitrogens is 2. The first-order chi connectivity index (χ1) is 14.3.